The summed E-state index contributed by atoms with van der Waals surface area (Å²) in [6.45, 7) is 8.61. The molecule has 0 heterocycles. The predicted octanol–water partition coefficient (Wildman–Crippen LogP) is 7.11. The summed E-state index contributed by atoms with van der Waals surface area (Å²) in [5.41, 5.74) is 1.98. The lowest BCUT2D eigenvalue weighted by molar-refractivity contribution is 0.148. The molecule has 2 aromatic carbocycles. The lowest BCUT2D eigenvalue weighted by Crippen LogP contribution is -2.14. The molecule has 0 atom stereocenters. The van der Waals surface area contributed by atoms with Gasteiger partial charge in [0, 0.05) is 18.6 Å². The molecule has 2 rings (SSSR count). The molecular formula is C21H25ClF2N2O. The summed E-state index contributed by atoms with van der Waals surface area (Å²) in [5, 5.41) is 0.632. The van der Waals surface area contributed by atoms with Gasteiger partial charge in [-0.3, -0.25) is 0 Å². The van der Waals surface area contributed by atoms with E-state index in [0.717, 1.165) is 17.7 Å². The zero-order valence-electron chi connectivity index (χ0n) is 16.3. The van der Waals surface area contributed by atoms with Crippen LogP contribution >= 0.6 is 11.6 Å². The average molecular weight is 395 g/mol. The fourth-order valence-corrected chi connectivity index (χ4v) is 2.82. The van der Waals surface area contributed by atoms with Crippen molar-refractivity contribution in [3.63, 3.8) is 0 Å². The first-order chi connectivity index (χ1) is 12.7. The maximum absolute atomic E-state index is 13.6. The molecule has 0 aromatic heterocycles. The third-order valence-electron chi connectivity index (χ3n) is 4.27. The van der Waals surface area contributed by atoms with Gasteiger partial charge in [-0.25, -0.2) is 13.8 Å². The molecule has 0 bridgehead atoms. The molecule has 3 nitrogen and oxygen atoms in total. The third-order valence-corrected chi connectivity index (χ3v) is 4.62. The molecule has 0 aliphatic rings. The Labute approximate surface area is 164 Å². The Kier molecular flexibility index (Phi) is 7.19. The molecule has 0 fully saturated rings. The van der Waals surface area contributed by atoms with Crippen LogP contribution in [0.5, 0.6) is 11.5 Å². The minimum absolute atomic E-state index is 0.127. The zero-order valence-corrected chi connectivity index (χ0v) is 17.0. The van der Waals surface area contributed by atoms with Gasteiger partial charge >= 0.3 is 0 Å². The van der Waals surface area contributed by atoms with Gasteiger partial charge in [-0.15, -0.1) is 0 Å². The fraction of sp³-hybridized carbons (Fsp3) is 0.381. The Bertz CT molecular complexity index is 822. The number of halogens is 3. The highest BCUT2D eigenvalue weighted by atomic mass is 35.5. The molecule has 2 aromatic rings. The molecule has 0 aliphatic carbocycles. The second-order valence-corrected chi connectivity index (χ2v) is 7.14. The first-order valence-electron chi connectivity index (χ1n) is 8.87. The number of ether oxygens (including phenoxy) is 1. The Balaban J connectivity index is 2.41. The SMILES string of the molecule is CCN(C)C=Nc1cc(C(F)F)c(Oc2ccc(Cl)c(C(C)C)c2)cc1C. The molecule has 0 unspecified atom stereocenters. The van der Waals surface area contributed by atoms with Crippen LogP contribution in [0.25, 0.3) is 0 Å². The summed E-state index contributed by atoms with van der Waals surface area (Å²) in [6.07, 6.45) is -1.04. The quantitative estimate of drug-likeness (QED) is 0.369. The first-order valence-corrected chi connectivity index (χ1v) is 9.25. The standard InChI is InChI=1S/C21H25ClF2N2O/c1-6-26(5)12-25-19-11-17(21(23)24)20(9-14(19)4)27-15-7-8-18(22)16(10-15)13(2)3/h7-13,21H,6H2,1-5H3. The molecule has 0 N–H and O–H groups in total. The van der Waals surface area contributed by atoms with E-state index in [-0.39, 0.29) is 17.2 Å². The Morgan fingerprint density at radius 2 is 1.89 bits per heavy atom. The first kappa shape index (κ1) is 21.2. The van der Waals surface area contributed by atoms with Crippen LogP contribution in [0.1, 0.15) is 49.8 Å². The number of alkyl halides is 2. The summed E-state index contributed by atoms with van der Waals surface area (Å²) in [6, 6.07) is 8.18. The van der Waals surface area contributed by atoms with Crippen LogP contribution in [0.2, 0.25) is 5.02 Å². The van der Waals surface area contributed by atoms with E-state index in [1.807, 2.05) is 39.6 Å². The molecule has 27 heavy (non-hydrogen) atoms. The monoisotopic (exact) mass is 394 g/mol. The molecule has 146 valence electrons. The summed E-state index contributed by atoms with van der Waals surface area (Å²) in [5.74, 6) is 0.804. The van der Waals surface area contributed by atoms with E-state index >= 15 is 0 Å². The van der Waals surface area contributed by atoms with Gasteiger partial charge in [-0.1, -0.05) is 25.4 Å². The van der Waals surface area contributed by atoms with E-state index in [1.54, 1.807) is 30.6 Å². The van der Waals surface area contributed by atoms with Crippen LogP contribution in [-0.2, 0) is 0 Å². The van der Waals surface area contributed by atoms with Gasteiger partial charge in [0.05, 0.1) is 17.6 Å². The van der Waals surface area contributed by atoms with E-state index in [9.17, 15) is 8.78 Å². The van der Waals surface area contributed by atoms with Gasteiger partial charge in [0.25, 0.3) is 6.43 Å². The molecule has 0 saturated carbocycles. The van der Waals surface area contributed by atoms with Crippen molar-refractivity contribution in [1.82, 2.24) is 4.90 Å². The van der Waals surface area contributed by atoms with Crippen molar-refractivity contribution in [3.8, 4) is 11.5 Å². The molecule has 0 saturated heterocycles. The van der Waals surface area contributed by atoms with Gasteiger partial charge in [0.1, 0.15) is 11.5 Å². The van der Waals surface area contributed by atoms with E-state index in [4.69, 9.17) is 16.3 Å². The number of aliphatic imine (C=N–C) groups is 1. The number of hydrogen-bond acceptors (Lipinski definition) is 2. The van der Waals surface area contributed by atoms with Crippen molar-refractivity contribution < 1.29 is 13.5 Å². The summed E-state index contributed by atoms with van der Waals surface area (Å²) < 4.78 is 33.0. The normalized spacial score (nSPS) is 11.6. The van der Waals surface area contributed by atoms with Crippen LogP contribution < -0.4 is 4.74 Å². The number of hydrogen-bond donors (Lipinski definition) is 0. The van der Waals surface area contributed by atoms with Gasteiger partial charge in [0.2, 0.25) is 0 Å². The van der Waals surface area contributed by atoms with Gasteiger partial charge in [-0.2, -0.15) is 0 Å². The number of nitrogens with zero attached hydrogens (tertiary/aromatic N) is 2. The van der Waals surface area contributed by atoms with Crippen LogP contribution in [0, 0.1) is 6.92 Å². The highest BCUT2D eigenvalue weighted by Crippen LogP contribution is 2.38. The van der Waals surface area contributed by atoms with Crippen molar-refractivity contribution in [2.75, 3.05) is 13.6 Å². The van der Waals surface area contributed by atoms with Gasteiger partial charge in [-0.05, 0) is 61.2 Å². The van der Waals surface area contributed by atoms with Crippen LogP contribution in [-0.4, -0.2) is 24.8 Å². The van der Waals surface area contributed by atoms with E-state index in [1.165, 1.54) is 6.07 Å². The zero-order chi connectivity index (χ0) is 20.1. The lowest BCUT2D eigenvalue weighted by Gasteiger charge is -2.16. The lowest BCUT2D eigenvalue weighted by atomic mass is 10.0. The number of benzene rings is 2. The smallest absolute Gasteiger partial charge is 0.267 e. The second kappa shape index (κ2) is 9.18. The van der Waals surface area contributed by atoms with Gasteiger partial charge < -0.3 is 9.64 Å². The molecule has 0 spiro atoms. The van der Waals surface area contributed by atoms with Crippen molar-refractivity contribution >= 4 is 23.6 Å². The molecule has 0 amide bonds. The minimum atomic E-state index is -2.67. The number of rotatable bonds is 7. The highest BCUT2D eigenvalue weighted by molar-refractivity contribution is 6.31. The Hall–Kier alpha value is -2.14. The van der Waals surface area contributed by atoms with Crippen LogP contribution in [0.4, 0.5) is 14.5 Å². The van der Waals surface area contributed by atoms with Crippen molar-refractivity contribution in [2.45, 2.75) is 40.0 Å². The highest BCUT2D eigenvalue weighted by Gasteiger charge is 2.18. The van der Waals surface area contributed by atoms with E-state index in [2.05, 4.69) is 4.99 Å². The molecule has 6 heteroatoms. The molecule has 0 aliphatic heterocycles. The fourth-order valence-electron chi connectivity index (χ4n) is 2.48. The van der Waals surface area contributed by atoms with E-state index < -0.39 is 6.43 Å². The van der Waals surface area contributed by atoms with Crippen molar-refractivity contribution in [2.24, 2.45) is 4.99 Å². The van der Waals surface area contributed by atoms with Crippen LogP contribution in [0.3, 0.4) is 0 Å². The van der Waals surface area contributed by atoms with Crippen LogP contribution in [0.15, 0.2) is 35.3 Å². The maximum atomic E-state index is 13.6. The Morgan fingerprint density at radius 1 is 1.19 bits per heavy atom. The Morgan fingerprint density at radius 3 is 2.48 bits per heavy atom. The van der Waals surface area contributed by atoms with Crippen molar-refractivity contribution in [1.29, 1.82) is 0 Å². The largest absolute Gasteiger partial charge is 0.457 e. The topological polar surface area (TPSA) is 24.8 Å². The van der Waals surface area contributed by atoms with Crippen molar-refractivity contribution in [3.05, 3.63) is 52.0 Å². The maximum Gasteiger partial charge on any atom is 0.267 e. The molecular weight excluding hydrogens is 370 g/mol. The molecule has 0 radical (unpaired) electrons. The average Bonchev–Trinajstić information content (AvgIpc) is 2.61. The number of aryl methyl sites for hydroxylation is 1. The van der Waals surface area contributed by atoms with Gasteiger partial charge in [0.15, 0.2) is 0 Å². The third kappa shape index (κ3) is 5.42. The summed E-state index contributed by atoms with van der Waals surface area (Å²) >= 11 is 6.20. The predicted molar refractivity (Wildman–Crippen MR) is 108 cm³/mol. The van der Waals surface area contributed by atoms with E-state index in [0.29, 0.717) is 16.5 Å². The minimum Gasteiger partial charge on any atom is -0.457 e. The second-order valence-electron chi connectivity index (χ2n) is 6.74. The summed E-state index contributed by atoms with van der Waals surface area (Å²) in [4.78, 5) is 6.18. The summed E-state index contributed by atoms with van der Waals surface area (Å²) in [7, 11) is 1.87.